The molecule has 0 aliphatic heterocycles. The molecule has 0 bridgehead atoms. The van der Waals surface area contributed by atoms with Crippen molar-refractivity contribution in [3.05, 3.63) is 41.6 Å². The number of amides is 1. The Hall–Kier alpha value is -2.50. The molecule has 0 atom stereocenters. The van der Waals surface area contributed by atoms with E-state index in [4.69, 9.17) is 10.5 Å². The first kappa shape index (κ1) is 12.0. The first-order valence-corrected chi connectivity index (χ1v) is 5.40. The van der Waals surface area contributed by atoms with Crippen LogP contribution in [0.3, 0.4) is 0 Å². The third-order valence-corrected chi connectivity index (χ3v) is 2.54. The zero-order chi connectivity index (χ0) is 13.0. The number of hydrogen-bond acceptors (Lipinski definition) is 4. The van der Waals surface area contributed by atoms with E-state index in [-0.39, 0.29) is 5.91 Å². The summed E-state index contributed by atoms with van der Waals surface area (Å²) in [4.78, 5) is 11.8. The van der Waals surface area contributed by atoms with Crippen molar-refractivity contribution < 1.29 is 9.53 Å². The summed E-state index contributed by atoms with van der Waals surface area (Å²) in [7, 11) is 1.58. The fraction of sp³-hybridized carbons (Fsp3) is 0.167. The highest BCUT2D eigenvalue weighted by atomic mass is 16.5. The minimum absolute atomic E-state index is 0.168. The van der Waals surface area contributed by atoms with Gasteiger partial charge >= 0.3 is 0 Å². The minimum atomic E-state index is -0.168. The molecule has 0 spiro atoms. The molecule has 1 heterocycles. The lowest BCUT2D eigenvalue weighted by Crippen LogP contribution is -2.22. The number of nitrogens with zero attached hydrogens (tertiary/aromatic N) is 1. The molecule has 6 nitrogen and oxygen atoms in total. The third kappa shape index (κ3) is 2.60. The van der Waals surface area contributed by atoms with Crippen LogP contribution in [0.25, 0.3) is 0 Å². The number of methoxy groups -OCH3 is 1. The lowest BCUT2D eigenvalue weighted by atomic mass is 10.2. The van der Waals surface area contributed by atoms with E-state index in [2.05, 4.69) is 15.5 Å². The van der Waals surface area contributed by atoms with Gasteiger partial charge < -0.3 is 15.8 Å². The van der Waals surface area contributed by atoms with Crippen LogP contribution >= 0.6 is 0 Å². The quantitative estimate of drug-likeness (QED) is 0.748. The molecular weight excluding hydrogens is 232 g/mol. The van der Waals surface area contributed by atoms with Crippen LogP contribution in [0.1, 0.15) is 15.9 Å². The minimum Gasteiger partial charge on any atom is -0.497 e. The van der Waals surface area contributed by atoms with Crippen molar-refractivity contribution in [2.45, 2.75) is 6.54 Å². The maximum Gasteiger partial charge on any atom is 0.251 e. The SMILES string of the molecule is COc1ccc(C(=O)NCc2cn[nH]c2N)cc1. The van der Waals surface area contributed by atoms with Gasteiger partial charge in [-0.2, -0.15) is 5.10 Å². The summed E-state index contributed by atoms with van der Waals surface area (Å²) in [5, 5.41) is 9.14. The van der Waals surface area contributed by atoms with Gasteiger partial charge in [0, 0.05) is 17.7 Å². The predicted octanol–water partition coefficient (Wildman–Crippen LogP) is 0.930. The molecule has 2 aromatic rings. The van der Waals surface area contributed by atoms with Crippen molar-refractivity contribution >= 4 is 11.7 Å². The number of hydrogen-bond donors (Lipinski definition) is 3. The van der Waals surface area contributed by atoms with E-state index in [0.29, 0.717) is 23.7 Å². The summed E-state index contributed by atoms with van der Waals surface area (Å²) in [6.07, 6.45) is 1.59. The Labute approximate surface area is 104 Å². The molecule has 2 rings (SSSR count). The summed E-state index contributed by atoms with van der Waals surface area (Å²) in [6, 6.07) is 6.88. The standard InChI is InChI=1S/C12H14N4O2/c1-18-10-4-2-8(3-5-10)12(17)14-6-9-7-15-16-11(9)13/h2-5,7H,6H2,1H3,(H,14,17)(H3,13,15,16). The van der Waals surface area contributed by atoms with Gasteiger partial charge in [-0.25, -0.2) is 0 Å². The largest absolute Gasteiger partial charge is 0.497 e. The maximum atomic E-state index is 11.8. The lowest BCUT2D eigenvalue weighted by molar-refractivity contribution is 0.0951. The number of carbonyl (C=O) groups is 1. The summed E-state index contributed by atoms with van der Waals surface area (Å²) in [5.74, 6) is 1.01. The number of rotatable bonds is 4. The van der Waals surface area contributed by atoms with Crippen LogP contribution in [-0.4, -0.2) is 23.2 Å². The van der Waals surface area contributed by atoms with Crippen LogP contribution in [0.2, 0.25) is 0 Å². The average molecular weight is 246 g/mol. The van der Waals surface area contributed by atoms with Gasteiger partial charge in [0.25, 0.3) is 5.91 Å². The molecule has 0 saturated carbocycles. The van der Waals surface area contributed by atoms with Gasteiger partial charge in [-0.3, -0.25) is 9.89 Å². The molecule has 0 unspecified atom stereocenters. The topological polar surface area (TPSA) is 93.0 Å². The maximum absolute atomic E-state index is 11.8. The number of benzene rings is 1. The van der Waals surface area contributed by atoms with Gasteiger partial charge in [0.1, 0.15) is 11.6 Å². The van der Waals surface area contributed by atoms with Crippen LogP contribution in [0.5, 0.6) is 5.75 Å². The van der Waals surface area contributed by atoms with E-state index >= 15 is 0 Å². The Balaban J connectivity index is 1.97. The van der Waals surface area contributed by atoms with Crippen molar-refractivity contribution in [3.8, 4) is 5.75 Å². The van der Waals surface area contributed by atoms with Crippen LogP contribution < -0.4 is 15.8 Å². The number of anilines is 1. The number of carbonyl (C=O) groups excluding carboxylic acids is 1. The molecular formula is C12H14N4O2. The molecule has 4 N–H and O–H groups in total. The summed E-state index contributed by atoms with van der Waals surface area (Å²) in [5.41, 5.74) is 6.95. The number of nitrogen functional groups attached to an aromatic ring is 1. The lowest BCUT2D eigenvalue weighted by Gasteiger charge is -2.05. The van der Waals surface area contributed by atoms with E-state index in [1.807, 2.05) is 0 Å². The highest BCUT2D eigenvalue weighted by Gasteiger charge is 2.07. The Morgan fingerprint density at radius 3 is 2.72 bits per heavy atom. The van der Waals surface area contributed by atoms with Gasteiger partial charge in [-0.15, -0.1) is 0 Å². The number of nitrogens with two attached hydrogens (primary N) is 1. The second kappa shape index (κ2) is 5.22. The average Bonchev–Trinajstić information content (AvgIpc) is 2.81. The van der Waals surface area contributed by atoms with E-state index in [0.717, 1.165) is 5.56 Å². The molecule has 0 aliphatic carbocycles. The second-order valence-electron chi connectivity index (χ2n) is 3.72. The number of aromatic nitrogens is 2. The highest BCUT2D eigenvalue weighted by molar-refractivity contribution is 5.94. The summed E-state index contributed by atoms with van der Waals surface area (Å²) >= 11 is 0. The van der Waals surface area contributed by atoms with Gasteiger partial charge in [0.15, 0.2) is 0 Å². The Morgan fingerprint density at radius 2 is 2.17 bits per heavy atom. The van der Waals surface area contributed by atoms with Crippen LogP contribution in [0, 0.1) is 0 Å². The molecule has 0 aliphatic rings. The van der Waals surface area contributed by atoms with Crippen molar-refractivity contribution in [2.24, 2.45) is 0 Å². The summed E-state index contributed by atoms with van der Waals surface area (Å²) < 4.78 is 5.02. The molecule has 18 heavy (non-hydrogen) atoms. The molecule has 0 saturated heterocycles. The molecule has 1 amide bonds. The van der Waals surface area contributed by atoms with Crippen molar-refractivity contribution in [1.82, 2.24) is 15.5 Å². The molecule has 0 radical (unpaired) electrons. The first-order chi connectivity index (χ1) is 8.70. The van der Waals surface area contributed by atoms with E-state index in [1.165, 1.54) is 0 Å². The fourth-order valence-electron chi connectivity index (χ4n) is 1.48. The number of ether oxygens (including phenoxy) is 1. The van der Waals surface area contributed by atoms with Crippen molar-refractivity contribution in [1.29, 1.82) is 0 Å². The number of aromatic amines is 1. The van der Waals surface area contributed by atoms with Crippen LogP contribution in [0.4, 0.5) is 5.82 Å². The van der Waals surface area contributed by atoms with Gasteiger partial charge in [-0.1, -0.05) is 0 Å². The van der Waals surface area contributed by atoms with E-state index < -0.39 is 0 Å². The number of H-pyrrole nitrogens is 1. The zero-order valence-electron chi connectivity index (χ0n) is 9.93. The highest BCUT2D eigenvalue weighted by Crippen LogP contribution is 2.11. The second-order valence-corrected chi connectivity index (χ2v) is 3.72. The van der Waals surface area contributed by atoms with Crippen LogP contribution in [-0.2, 0) is 6.54 Å². The smallest absolute Gasteiger partial charge is 0.251 e. The van der Waals surface area contributed by atoms with Gasteiger partial charge in [0.2, 0.25) is 0 Å². The molecule has 1 aromatic carbocycles. The first-order valence-electron chi connectivity index (χ1n) is 5.40. The van der Waals surface area contributed by atoms with Crippen molar-refractivity contribution in [3.63, 3.8) is 0 Å². The Bertz CT molecular complexity index is 533. The monoisotopic (exact) mass is 246 g/mol. The van der Waals surface area contributed by atoms with Crippen LogP contribution in [0.15, 0.2) is 30.5 Å². The fourth-order valence-corrected chi connectivity index (χ4v) is 1.48. The Morgan fingerprint density at radius 1 is 1.44 bits per heavy atom. The molecule has 6 heteroatoms. The zero-order valence-corrected chi connectivity index (χ0v) is 9.93. The van der Waals surface area contributed by atoms with E-state index in [9.17, 15) is 4.79 Å². The Kier molecular flexibility index (Phi) is 3.47. The van der Waals surface area contributed by atoms with E-state index in [1.54, 1.807) is 37.6 Å². The molecule has 94 valence electrons. The van der Waals surface area contributed by atoms with Crippen molar-refractivity contribution in [2.75, 3.05) is 12.8 Å². The van der Waals surface area contributed by atoms with Gasteiger partial charge in [0.05, 0.1) is 13.3 Å². The summed E-state index contributed by atoms with van der Waals surface area (Å²) in [6.45, 7) is 0.340. The normalized spacial score (nSPS) is 10.1. The third-order valence-electron chi connectivity index (χ3n) is 2.54. The molecule has 0 fully saturated rings. The predicted molar refractivity (Wildman–Crippen MR) is 67.2 cm³/mol. The van der Waals surface area contributed by atoms with Gasteiger partial charge in [-0.05, 0) is 24.3 Å². The number of nitrogens with one attached hydrogen (secondary N) is 2. The molecule has 1 aromatic heterocycles.